The van der Waals surface area contributed by atoms with Crippen LogP contribution in [0.4, 0.5) is 0 Å². The Morgan fingerprint density at radius 3 is 1.67 bits per heavy atom. The molecule has 0 aromatic rings. The van der Waals surface area contributed by atoms with E-state index in [1.807, 2.05) is 0 Å². The van der Waals surface area contributed by atoms with Crippen molar-refractivity contribution in [1.82, 2.24) is 0 Å². The van der Waals surface area contributed by atoms with Crippen LogP contribution in [0.2, 0.25) is 0 Å². The fourth-order valence-corrected chi connectivity index (χ4v) is 0. The average Bonchev–Trinajstić information content (AvgIpc) is 1.65. The first-order chi connectivity index (χ1) is 3.65. The molecule has 0 amide bonds. The molecule has 0 aliphatic carbocycles. The van der Waals surface area contributed by atoms with E-state index in [1.54, 1.807) is 0 Å². The zero-order valence-corrected chi connectivity index (χ0v) is 6.82. The van der Waals surface area contributed by atoms with Gasteiger partial charge in [-0.15, -0.1) is 12.4 Å². The molecule has 9 heavy (non-hydrogen) atoms. The number of halogens is 1. The predicted molar refractivity (Wildman–Crippen MR) is 39.5 cm³/mol. The van der Waals surface area contributed by atoms with Crippen molar-refractivity contribution in [1.29, 1.82) is 0 Å². The molecule has 0 unspecified atom stereocenters. The minimum atomic E-state index is -3.12. The molecule has 0 saturated heterocycles. The van der Waals surface area contributed by atoms with Crippen molar-refractivity contribution in [2.75, 3.05) is 6.54 Å². The van der Waals surface area contributed by atoms with Crippen molar-refractivity contribution in [2.24, 2.45) is 5.73 Å². The number of nitrogens with two attached hydrogens (primary N) is 1. The zero-order chi connectivity index (χ0) is 6.99. The summed E-state index contributed by atoms with van der Waals surface area (Å²) in [6.45, 7) is 2.88. The number of thiol groups is 1. The van der Waals surface area contributed by atoms with Gasteiger partial charge < -0.3 is 5.73 Å². The van der Waals surface area contributed by atoms with Gasteiger partial charge in [0.25, 0.3) is 11.0 Å². The molecule has 0 atom stereocenters. The lowest BCUT2D eigenvalue weighted by atomic mass is 10.5. The maximum absolute atomic E-state index is 8.59. The van der Waals surface area contributed by atoms with E-state index in [9.17, 15) is 0 Å². The van der Waals surface area contributed by atoms with Gasteiger partial charge in [0.15, 0.2) is 0 Å². The van der Waals surface area contributed by atoms with Crippen LogP contribution in [0.3, 0.4) is 0 Å². The Morgan fingerprint density at radius 2 is 1.67 bits per heavy atom. The van der Waals surface area contributed by atoms with Gasteiger partial charge in [0.2, 0.25) is 0 Å². The molecule has 0 bridgehead atoms. The van der Waals surface area contributed by atoms with Gasteiger partial charge in [0.1, 0.15) is 0 Å². The van der Waals surface area contributed by atoms with Crippen molar-refractivity contribution in [3.8, 4) is 0 Å². The second-order valence-electron chi connectivity index (χ2n) is 1.03. The van der Waals surface area contributed by atoms with Gasteiger partial charge >= 0.3 is 0 Å². The summed E-state index contributed by atoms with van der Waals surface area (Å²) >= 11 is 0. The van der Waals surface area contributed by atoms with Crippen LogP contribution < -0.4 is 5.73 Å². The van der Waals surface area contributed by atoms with Crippen LogP contribution in [0.25, 0.3) is 0 Å². The highest BCUT2D eigenvalue weighted by atomic mass is 35.5. The molecule has 0 spiro atoms. The standard InChI is InChI=1S/C3H9N.ClH.H2O3S/c1-2-3-4;;1-4(2)3/h2-4H2,1H3;1H;4H,(H,1,2,3). The molecule has 0 aliphatic rings. The molecule has 0 aliphatic heterocycles. The minimum absolute atomic E-state index is 0. The molecule has 0 radical (unpaired) electrons. The van der Waals surface area contributed by atoms with E-state index in [4.69, 9.17) is 18.7 Å². The Kier molecular flexibility index (Phi) is 28.1. The maximum atomic E-state index is 8.59. The molecular formula is C3H12ClNO3S. The van der Waals surface area contributed by atoms with Gasteiger partial charge in [-0.3, -0.25) is 4.55 Å². The quantitative estimate of drug-likeness (QED) is 0.384. The van der Waals surface area contributed by atoms with Crippen molar-refractivity contribution in [3.05, 3.63) is 0 Å². The van der Waals surface area contributed by atoms with Crippen LogP contribution in [0.5, 0.6) is 0 Å². The molecule has 0 saturated carbocycles. The monoisotopic (exact) mass is 177 g/mol. The van der Waals surface area contributed by atoms with Crippen LogP contribution in [0.15, 0.2) is 0 Å². The molecule has 6 heteroatoms. The normalized spacial score (nSPS) is 7.11. The molecule has 0 fully saturated rings. The molecule has 0 heterocycles. The Labute approximate surface area is 62.6 Å². The summed E-state index contributed by atoms with van der Waals surface area (Å²) in [5.41, 5.74) is 5.03. The number of rotatable bonds is 1. The second-order valence-corrected chi connectivity index (χ2v) is 1.50. The third kappa shape index (κ3) is 230. The summed E-state index contributed by atoms with van der Waals surface area (Å²) in [4.78, 5) is 0. The van der Waals surface area contributed by atoms with Gasteiger partial charge in [0.05, 0.1) is 0 Å². The molecule has 0 aromatic heterocycles. The van der Waals surface area contributed by atoms with E-state index in [0.717, 1.165) is 13.0 Å². The SMILES string of the molecule is CCCN.Cl.O=[SH](=O)O. The Morgan fingerprint density at radius 1 is 1.56 bits per heavy atom. The van der Waals surface area contributed by atoms with E-state index in [0.29, 0.717) is 0 Å². The fourth-order valence-electron chi connectivity index (χ4n) is 0. The summed E-state index contributed by atoms with van der Waals surface area (Å²) in [7, 11) is -3.12. The first-order valence-corrected chi connectivity index (χ1v) is 3.31. The first-order valence-electron chi connectivity index (χ1n) is 2.18. The number of hydrogen-bond donors (Lipinski definition) is 3. The summed E-state index contributed by atoms with van der Waals surface area (Å²) in [5.74, 6) is 0. The van der Waals surface area contributed by atoms with Crippen LogP contribution in [-0.2, 0) is 11.0 Å². The van der Waals surface area contributed by atoms with E-state index in [-0.39, 0.29) is 12.4 Å². The topological polar surface area (TPSA) is 80.4 Å². The highest BCUT2D eigenvalue weighted by molar-refractivity contribution is 7.66. The van der Waals surface area contributed by atoms with Gasteiger partial charge in [-0.1, -0.05) is 6.92 Å². The van der Waals surface area contributed by atoms with Crippen LogP contribution in [0, 0.1) is 0 Å². The van der Waals surface area contributed by atoms with E-state index < -0.39 is 11.0 Å². The number of hydrogen-bond acceptors (Lipinski definition) is 3. The second kappa shape index (κ2) is 15.7. The Bertz CT molecular complexity index is 85.1. The Hall–Kier alpha value is 0.160. The highest BCUT2D eigenvalue weighted by Crippen LogP contribution is 1.57. The summed E-state index contributed by atoms with van der Waals surface area (Å²) in [6.07, 6.45) is 1.10. The molecule has 3 N–H and O–H groups in total. The Balaban J connectivity index is -0.0000000720. The lowest BCUT2D eigenvalue weighted by molar-refractivity contribution is 0.509. The van der Waals surface area contributed by atoms with E-state index >= 15 is 0 Å². The summed E-state index contributed by atoms with van der Waals surface area (Å²) in [5, 5.41) is 0. The largest absolute Gasteiger partial charge is 0.330 e. The van der Waals surface area contributed by atoms with Crippen molar-refractivity contribution < 1.29 is 13.0 Å². The predicted octanol–water partition coefficient (Wildman–Crippen LogP) is -0.152. The van der Waals surface area contributed by atoms with Crippen LogP contribution >= 0.6 is 12.4 Å². The van der Waals surface area contributed by atoms with Gasteiger partial charge in [-0.25, -0.2) is 8.42 Å². The van der Waals surface area contributed by atoms with Gasteiger partial charge in [-0.2, -0.15) is 0 Å². The smallest absolute Gasteiger partial charge is 0.254 e. The summed E-state index contributed by atoms with van der Waals surface area (Å²) in [6, 6.07) is 0. The molecule has 4 nitrogen and oxygen atoms in total. The van der Waals surface area contributed by atoms with E-state index in [2.05, 4.69) is 6.92 Å². The first kappa shape index (κ1) is 16.1. The van der Waals surface area contributed by atoms with Crippen molar-refractivity contribution in [3.63, 3.8) is 0 Å². The average molecular weight is 178 g/mol. The van der Waals surface area contributed by atoms with Crippen LogP contribution in [-0.4, -0.2) is 19.5 Å². The summed E-state index contributed by atoms with van der Waals surface area (Å²) < 4.78 is 24.2. The molecule has 0 aromatic carbocycles. The third-order valence-electron chi connectivity index (χ3n) is 0.289. The lowest BCUT2D eigenvalue weighted by Crippen LogP contribution is -1.93. The third-order valence-corrected chi connectivity index (χ3v) is 0.289. The van der Waals surface area contributed by atoms with Gasteiger partial charge in [-0.05, 0) is 13.0 Å². The molecule has 0 rings (SSSR count). The van der Waals surface area contributed by atoms with Crippen molar-refractivity contribution >= 4 is 23.4 Å². The zero-order valence-electron chi connectivity index (χ0n) is 5.11. The van der Waals surface area contributed by atoms with Crippen LogP contribution in [0.1, 0.15) is 13.3 Å². The van der Waals surface area contributed by atoms with E-state index in [1.165, 1.54) is 0 Å². The molecular weight excluding hydrogens is 166 g/mol. The highest BCUT2D eigenvalue weighted by Gasteiger charge is 1.55. The minimum Gasteiger partial charge on any atom is -0.330 e. The van der Waals surface area contributed by atoms with Gasteiger partial charge in [0, 0.05) is 0 Å². The fraction of sp³-hybridized carbons (Fsp3) is 1.00. The lowest BCUT2D eigenvalue weighted by Gasteiger charge is -1.70. The van der Waals surface area contributed by atoms with Crippen molar-refractivity contribution in [2.45, 2.75) is 13.3 Å². The molecule has 60 valence electrons. The maximum Gasteiger partial charge on any atom is 0.254 e.